The summed E-state index contributed by atoms with van der Waals surface area (Å²) in [6.07, 6.45) is -15.4. The van der Waals surface area contributed by atoms with Crippen molar-refractivity contribution in [1.82, 2.24) is 10.2 Å². The molecule has 0 aliphatic carbocycles. The maximum absolute atomic E-state index is 13.4. The van der Waals surface area contributed by atoms with Gasteiger partial charge in [0.05, 0.1) is 11.1 Å². The molecule has 1 aromatic rings. The average Bonchev–Trinajstić information content (AvgIpc) is 2.45. The summed E-state index contributed by atoms with van der Waals surface area (Å²) >= 11 is 0. The van der Waals surface area contributed by atoms with E-state index in [0.29, 0.717) is 0 Å². The number of halogens is 11. The average molecular weight is 453 g/mol. The predicted molar refractivity (Wildman–Crippen MR) is 84.2 cm³/mol. The largest absolute Gasteiger partial charge is 0.416 e. The highest BCUT2D eigenvalue weighted by Gasteiger charge is 2.47. The molecular formula is C14H15Cl2F9N2. The van der Waals surface area contributed by atoms with Gasteiger partial charge in [0.1, 0.15) is 6.04 Å². The zero-order chi connectivity index (χ0) is 19.0. The first-order valence-corrected chi connectivity index (χ1v) is 7.11. The van der Waals surface area contributed by atoms with Gasteiger partial charge in [0.25, 0.3) is 0 Å². The van der Waals surface area contributed by atoms with E-state index < -0.39 is 41.3 Å². The number of piperazine rings is 1. The summed E-state index contributed by atoms with van der Waals surface area (Å²) in [5.74, 6) is 0. The van der Waals surface area contributed by atoms with E-state index in [1.807, 2.05) is 0 Å². The maximum Gasteiger partial charge on any atom is 0.416 e. The van der Waals surface area contributed by atoms with Gasteiger partial charge in [-0.1, -0.05) is 0 Å². The molecule has 1 aliphatic rings. The summed E-state index contributed by atoms with van der Waals surface area (Å²) in [6, 6.07) is -2.46. The van der Waals surface area contributed by atoms with Crippen LogP contribution < -0.4 is 5.32 Å². The van der Waals surface area contributed by atoms with E-state index in [4.69, 9.17) is 0 Å². The van der Waals surface area contributed by atoms with Gasteiger partial charge in [0.2, 0.25) is 0 Å². The van der Waals surface area contributed by atoms with Crippen molar-refractivity contribution in [3.63, 3.8) is 0 Å². The molecule has 1 aliphatic heterocycles. The molecule has 2 rings (SSSR count). The minimum absolute atomic E-state index is 0. The minimum Gasteiger partial charge on any atom is -0.314 e. The molecule has 0 spiro atoms. The van der Waals surface area contributed by atoms with Crippen molar-refractivity contribution in [2.75, 3.05) is 26.2 Å². The molecule has 1 heterocycles. The van der Waals surface area contributed by atoms with Crippen molar-refractivity contribution >= 4 is 24.8 Å². The zero-order valence-corrected chi connectivity index (χ0v) is 14.9. The number of hydrogen-bond acceptors (Lipinski definition) is 2. The number of nitrogens with zero attached hydrogens (tertiary/aromatic N) is 1. The second-order valence-electron chi connectivity index (χ2n) is 5.57. The van der Waals surface area contributed by atoms with Gasteiger partial charge in [-0.25, -0.2) is 0 Å². The Kier molecular flexibility index (Phi) is 8.75. The topological polar surface area (TPSA) is 15.3 Å². The van der Waals surface area contributed by atoms with Crippen LogP contribution in [0, 0.1) is 0 Å². The Hall–Kier alpha value is -0.910. The second kappa shape index (κ2) is 9.06. The third-order valence-electron chi connectivity index (χ3n) is 3.75. The highest BCUT2D eigenvalue weighted by molar-refractivity contribution is 5.85. The summed E-state index contributed by atoms with van der Waals surface area (Å²) in [5, 5.41) is 2.77. The van der Waals surface area contributed by atoms with Gasteiger partial charge in [0.15, 0.2) is 0 Å². The Morgan fingerprint density at radius 2 is 1.15 bits per heavy atom. The number of nitrogens with one attached hydrogen (secondary N) is 1. The summed E-state index contributed by atoms with van der Waals surface area (Å²) in [6.45, 7) is -0.00111. The van der Waals surface area contributed by atoms with Crippen LogP contribution in [0.3, 0.4) is 0 Å². The molecule has 13 heteroatoms. The SMILES string of the molecule is Cl.Cl.FC(F)(F)c1cc([C@H](N2CCNCC2)C(F)(F)F)cc(C(F)(F)F)c1. The van der Waals surface area contributed by atoms with Gasteiger partial charge in [0, 0.05) is 26.2 Å². The molecule has 158 valence electrons. The first-order chi connectivity index (χ1) is 11.3. The highest BCUT2D eigenvalue weighted by atomic mass is 35.5. The molecule has 27 heavy (non-hydrogen) atoms. The monoisotopic (exact) mass is 452 g/mol. The Morgan fingerprint density at radius 1 is 0.741 bits per heavy atom. The lowest BCUT2D eigenvalue weighted by molar-refractivity contribution is -0.188. The molecule has 1 saturated heterocycles. The third kappa shape index (κ3) is 6.58. The molecule has 1 N–H and O–H groups in total. The van der Waals surface area contributed by atoms with Crippen LogP contribution in [0.1, 0.15) is 22.7 Å². The van der Waals surface area contributed by atoms with Crippen LogP contribution in [0.4, 0.5) is 39.5 Å². The van der Waals surface area contributed by atoms with E-state index in [2.05, 4.69) is 5.32 Å². The van der Waals surface area contributed by atoms with Crippen LogP contribution in [0.5, 0.6) is 0 Å². The summed E-state index contributed by atoms with van der Waals surface area (Å²) in [5.41, 5.74) is -4.60. The molecule has 0 amide bonds. The number of alkyl halides is 9. The quantitative estimate of drug-likeness (QED) is 0.629. The van der Waals surface area contributed by atoms with Crippen molar-refractivity contribution in [1.29, 1.82) is 0 Å². The van der Waals surface area contributed by atoms with E-state index in [0.717, 1.165) is 4.90 Å². The minimum atomic E-state index is -5.20. The second-order valence-corrected chi connectivity index (χ2v) is 5.57. The van der Waals surface area contributed by atoms with Crippen molar-refractivity contribution in [2.24, 2.45) is 0 Å². The molecule has 0 radical (unpaired) electrons. The molecule has 1 fully saturated rings. The van der Waals surface area contributed by atoms with Gasteiger partial charge < -0.3 is 5.32 Å². The maximum atomic E-state index is 13.4. The van der Waals surface area contributed by atoms with Crippen LogP contribution in [0.25, 0.3) is 0 Å². The zero-order valence-electron chi connectivity index (χ0n) is 13.3. The number of hydrogen-bond donors (Lipinski definition) is 1. The highest BCUT2D eigenvalue weighted by Crippen LogP contribution is 2.43. The Morgan fingerprint density at radius 3 is 1.48 bits per heavy atom. The molecular weight excluding hydrogens is 438 g/mol. The summed E-state index contributed by atoms with van der Waals surface area (Å²) < 4.78 is 117. The fourth-order valence-electron chi connectivity index (χ4n) is 2.68. The molecule has 1 aromatic carbocycles. The van der Waals surface area contributed by atoms with Crippen LogP contribution >= 0.6 is 24.8 Å². The van der Waals surface area contributed by atoms with Crippen LogP contribution in [0.2, 0.25) is 0 Å². The van der Waals surface area contributed by atoms with E-state index in [-0.39, 0.29) is 69.2 Å². The Balaban J connectivity index is 0.00000338. The van der Waals surface area contributed by atoms with E-state index >= 15 is 0 Å². The molecule has 1 atom stereocenters. The lowest BCUT2D eigenvalue weighted by atomic mass is 9.97. The van der Waals surface area contributed by atoms with Crippen molar-refractivity contribution < 1.29 is 39.5 Å². The predicted octanol–water partition coefficient (Wildman–Crippen LogP) is 5.08. The molecule has 0 unspecified atom stereocenters. The molecule has 0 bridgehead atoms. The fraction of sp³-hybridized carbons (Fsp3) is 0.571. The summed E-state index contributed by atoms with van der Waals surface area (Å²) in [4.78, 5) is 0.826. The van der Waals surface area contributed by atoms with E-state index in [9.17, 15) is 39.5 Å². The van der Waals surface area contributed by atoms with Gasteiger partial charge in [-0.05, 0) is 23.8 Å². The lowest BCUT2D eigenvalue weighted by Gasteiger charge is -2.36. The van der Waals surface area contributed by atoms with Gasteiger partial charge in [-0.15, -0.1) is 24.8 Å². The molecule has 0 saturated carbocycles. The fourth-order valence-corrected chi connectivity index (χ4v) is 2.68. The van der Waals surface area contributed by atoms with Gasteiger partial charge >= 0.3 is 18.5 Å². The van der Waals surface area contributed by atoms with Crippen molar-refractivity contribution in [3.8, 4) is 0 Å². The van der Waals surface area contributed by atoms with E-state index in [1.54, 1.807) is 0 Å². The number of benzene rings is 1. The first-order valence-electron chi connectivity index (χ1n) is 7.11. The molecule has 2 nitrogen and oxygen atoms in total. The Bertz CT molecular complexity index is 576. The van der Waals surface area contributed by atoms with Crippen molar-refractivity contribution in [2.45, 2.75) is 24.6 Å². The molecule has 0 aromatic heterocycles. The van der Waals surface area contributed by atoms with Gasteiger partial charge in [-0.3, -0.25) is 4.90 Å². The van der Waals surface area contributed by atoms with Crippen molar-refractivity contribution in [3.05, 3.63) is 34.9 Å². The van der Waals surface area contributed by atoms with Crippen LogP contribution in [0.15, 0.2) is 18.2 Å². The summed E-state index contributed by atoms with van der Waals surface area (Å²) in [7, 11) is 0. The van der Waals surface area contributed by atoms with Crippen LogP contribution in [-0.2, 0) is 12.4 Å². The normalized spacial score (nSPS) is 17.7. The Labute approximate surface area is 160 Å². The lowest BCUT2D eigenvalue weighted by Crippen LogP contribution is -2.49. The van der Waals surface area contributed by atoms with Gasteiger partial charge in [-0.2, -0.15) is 39.5 Å². The number of rotatable bonds is 2. The smallest absolute Gasteiger partial charge is 0.314 e. The van der Waals surface area contributed by atoms with E-state index in [1.165, 1.54) is 0 Å². The third-order valence-corrected chi connectivity index (χ3v) is 3.75. The van der Waals surface area contributed by atoms with Crippen LogP contribution in [-0.4, -0.2) is 37.3 Å². The first kappa shape index (κ1) is 26.1. The standard InChI is InChI=1S/C14H13F9N2.2ClH/c15-12(16,17)9-5-8(6-10(7-9)13(18,19)20)11(14(21,22)23)25-3-1-24-2-4-25;;/h5-7,11,24H,1-4H2;2*1H/t11-;;/m0../s1.